The van der Waals surface area contributed by atoms with Gasteiger partial charge >= 0.3 is 6.18 Å². The van der Waals surface area contributed by atoms with Crippen LogP contribution in [0.5, 0.6) is 0 Å². The molecule has 0 bridgehead atoms. The predicted molar refractivity (Wildman–Crippen MR) is 123 cm³/mol. The molecule has 5 rings (SSSR count). The van der Waals surface area contributed by atoms with Crippen molar-refractivity contribution >= 4 is 17.3 Å². The maximum Gasteiger partial charge on any atom is 0.416 e. The van der Waals surface area contributed by atoms with Gasteiger partial charge < -0.3 is 15.8 Å². The Morgan fingerprint density at radius 2 is 1.97 bits per heavy atom. The normalized spacial score (nSPS) is 18.4. The van der Waals surface area contributed by atoms with Crippen molar-refractivity contribution in [3.63, 3.8) is 0 Å². The molecule has 0 radical (unpaired) electrons. The van der Waals surface area contributed by atoms with E-state index in [2.05, 4.69) is 19.6 Å². The average Bonchev–Trinajstić information content (AvgIpc) is 3.36. The Morgan fingerprint density at radius 3 is 2.71 bits per heavy atom. The molecule has 3 aromatic rings. The number of hydrogen-bond donors (Lipinski definition) is 2. The van der Waals surface area contributed by atoms with Crippen molar-refractivity contribution in [1.82, 2.24) is 19.3 Å². The smallest absolute Gasteiger partial charge is 0.399 e. The first-order chi connectivity index (χ1) is 16.2. The van der Waals surface area contributed by atoms with E-state index in [1.807, 2.05) is 13.8 Å². The van der Waals surface area contributed by atoms with Crippen molar-refractivity contribution < 1.29 is 17.9 Å². The van der Waals surface area contributed by atoms with E-state index >= 15 is 0 Å². The van der Waals surface area contributed by atoms with E-state index in [9.17, 15) is 13.2 Å². The molecule has 0 aliphatic carbocycles. The zero-order valence-corrected chi connectivity index (χ0v) is 19.3. The standard InChI is InChI=1S/C24H29F3N6O/c1-14-10-29-23-31-22(30-15(2)17-7-18(24(25,26)27)9-19(28)8-17)20-12-32(13-21(20)33(14)23)11-16-3-5-34-6-4-16/h7-10,15-16H,3-6,11-13,28H2,1-2H3,(H,29,30,31)/t15-/m1/s1. The number of alkyl halides is 3. The van der Waals surface area contributed by atoms with Crippen LogP contribution < -0.4 is 11.1 Å². The minimum atomic E-state index is -4.46. The monoisotopic (exact) mass is 474 g/mol. The molecule has 1 aromatic carbocycles. The Hall–Kier alpha value is -2.85. The Bertz CT molecular complexity index is 1200. The highest BCUT2D eigenvalue weighted by atomic mass is 19.4. The number of ether oxygens (including phenoxy) is 1. The third-order valence-electron chi connectivity index (χ3n) is 6.81. The summed E-state index contributed by atoms with van der Waals surface area (Å²) in [6.07, 6.45) is -0.543. The Balaban J connectivity index is 1.45. The van der Waals surface area contributed by atoms with Crippen LogP contribution in [-0.2, 0) is 24.0 Å². The van der Waals surface area contributed by atoms with Gasteiger partial charge in [-0.3, -0.25) is 9.30 Å². The van der Waals surface area contributed by atoms with Gasteiger partial charge in [-0.25, -0.2) is 4.98 Å². The van der Waals surface area contributed by atoms with Crippen LogP contribution in [0.4, 0.5) is 24.7 Å². The molecule has 182 valence electrons. The quantitative estimate of drug-likeness (QED) is 0.528. The first kappa shape index (κ1) is 22.9. The topological polar surface area (TPSA) is 80.7 Å². The number of benzene rings is 1. The van der Waals surface area contributed by atoms with Crippen LogP contribution in [-0.4, -0.2) is 39.0 Å². The van der Waals surface area contributed by atoms with Gasteiger partial charge in [0.15, 0.2) is 0 Å². The van der Waals surface area contributed by atoms with Crippen LogP contribution in [0, 0.1) is 12.8 Å². The fourth-order valence-corrected chi connectivity index (χ4v) is 5.02. The molecule has 0 saturated carbocycles. The van der Waals surface area contributed by atoms with Gasteiger partial charge in [0.1, 0.15) is 5.82 Å². The van der Waals surface area contributed by atoms with Crippen molar-refractivity contribution in [3.8, 4) is 0 Å². The number of aromatic nitrogens is 3. The van der Waals surface area contributed by atoms with E-state index in [1.54, 1.807) is 12.3 Å². The first-order valence-corrected chi connectivity index (χ1v) is 11.6. The third kappa shape index (κ3) is 4.44. The molecule has 4 heterocycles. The second-order valence-corrected chi connectivity index (χ2v) is 9.40. The SMILES string of the molecule is Cc1cnc2nc(N[C@H](C)c3cc(N)cc(C(F)(F)F)c3)c3c(n12)CN(CC1CCOCC1)C3. The van der Waals surface area contributed by atoms with Crippen molar-refractivity contribution in [3.05, 3.63) is 52.5 Å². The van der Waals surface area contributed by atoms with E-state index in [0.717, 1.165) is 74.8 Å². The summed E-state index contributed by atoms with van der Waals surface area (Å²) in [7, 11) is 0. The number of imidazole rings is 1. The highest BCUT2D eigenvalue weighted by Crippen LogP contribution is 2.35. The first-order valence-electron chi connectivity index (χ1n) is 11.6. The Labute approximate surface area is 196 Å². The van der Waals surface area contributed by atoms with Crippen molar-refractivity contribution in [2.24, 2.45) is 5.92 Å². The van der Waals surface area contributed by atoms with Crippen LogP contribution in [0.25, 0.3) is 5.78 Å². The number of hydrogen-bond acceptors (Lipinski definition) is 6. The zero-order chi connectivity index (χ0) is 24.0. The van der Waals surface area contributed by atoms with Crippen LogP contribution >= 0.6 is 0 Å². The molecule has 2 aliphatic rings. The lowest BCUT2D eigenvalue weighted by Gasteiger charge is -2.26. The largest absolute Gasteiger partial charge is 0.416 e. The van der Waals surface area contributed by atoms with Gasteiger partial charge in [-0.05, 0) is 56.4 Å². The lowest BCUT2D eigenvalue weighted by Crippen LogP contribution is -2.29. The van der Waals surface area contributed by atoms with Gasteiger partial charge in [-0.15, -0.1) is 0 Å². The molecule has 0 amide bonds. The van der Waals surface area contributed by atoms with Crippen molar-refractivity contribution in [1.29, 1.82) is 0 Å². The lowest BCUT2D eigenvalue weighted by atomic mass is 10.00. The van der Waals surface area contributed by atoms with Gasteiger partial charge in [0.25, 0.3) is 0 Å². The summed E-state index contributed by atoms with van der Waals surface area (Å²) in [5, 5.41) is 3.36. The highest BCUT2D eigenvalue weighted by Gasteiger charge is 2.32. The van der Waals surface area contributed by atoms with Gasteiger partial charge in [0.2, 0.25) is 5.78 Å². The number of rotatable bonds is 5. The molecule has 34 heavy (non-hydrogen) atoms. The Kier molecular flexibility index (Phi) is 5.89. The van der Waals surface area contributed by atoms with Crippen LogP contribution in [0.1, 0.15) is 53.9 Å². The van der Waals surface area contributed by atoms with Crippen molar-refractivity contribution in [2.75, 3.05) is 30.8 Å². The summed E-state index contributed by atoms with van der Waals surface area (Å²) in [6.45, 7) is 7.93. The minimum absolute atomic E-state index is 0.0821. The third-order valence-corrected chi connectivity index (χ3v) is 6.81. The second kappa shape index (κ2) is 8.74. The van der Waals surface area contributed by atoms with E-state index < -0.39 is 17.8 Å². The number of nitrogens with one attached hydrogen (secondary N) is 1. The van der Waals surface area contributed by atoms with E-state index in [0.29, 0.717) is 23.1 Å². The van der Waals surface area contributed by atoms with Gasteiger partial charge in [0, 0.05) is 55.5 Å². The molecular formula is C24H29F3N6O. The molecule has 0 unspecified atom stereocenters. The highest BCUT2D eigenvalue weighted by molar-refractivity contribution is 5.57. The zero-order valence-electron chi connectivity index (χ0n) is 19.3. The van der Waals surface area contributed by atoms with E-state index in [4.69, 9.17) is 15.5 Å². The number of fused-ring (bicyclic) bond motifs is 3. The summed E-state index contributed by atoms with van der Waals surface area (Å²) in [5.41, 5.74) is 8.78. The minimum Gasteiger partial charge on any atom is -0.399 e. The molecule has 2 aliphatic heterocycles. The molecular weight excluding hydrogens is 445 g/mol. The molecule has 1 fully saturated rings. The predicted octanol–water partition coefficient (Wildman–Crippen LogP) is 4.55. The van der Waals surface area contributed by atoms with Crippen molar-refractivity contribution in [2.45, 2.75) is 52.0 Å². The number of anilines is 2. The van der Waals surface area contributed by atoms with E-state index in [-0.39, 0.29) is 5.69 Å². The maximum absolute atomic E-state index is 13.3. The number of nitrogen functional groups attached to an aromatic ring is 1. The summed E-state index contributed by atoms with van der Waals surface area (Å²) in [5.74, 6) is 1.84. The molecule has 0 spiro atoms. The molecule has 10 heteroatoms. The summed E-state index contributed by atoms with van der Waals surface area (Å²) in [6, 6.07) is 3.25. The number of nitrogens with zero attached hydrogens (tertiary/aromatic N) is 4. The summed E-state index contributed by atoms with van der Waals surface area (Å²) >= 11 is 0. The summed E-state index contributed by atoms with van der Waals surface area (Å²) in [4.78, 5) is 11.6. The lowest BCUT2D eigenvalue weighted by molar-refractivity contribution is -0.137. The van der Waals surface area contributed by atoms with Gasteiger partial charge in [0.05, 0.1) is 17.8 Å². The van der Waals surface area contributed by atoms with E-state index in [1.165, 1.54) is 0 Å². The Morgan fingerprint density at radius 1 is 1.21 bits per heavy atom. The molecule has 3 N–H and O–H groups in total. The second-order valence-electron chi connectivity index (χ2n) is 9.40. The van der Waals surface area contributed by atoms with Crippen LogP contribution in [0.2, 0.25) is 0 Å². The molecule has 1 saturated heterocycles. The molecule has 2 aromatic heterocycles. The average molecular weight is 475 g/mol. The maximum atomic E-state index is 13.3. The molecule has 1 atom stereocenters. The van der Waals surface area contributed by atoms with Gasteiger partial charge in [-0.2, -0.15) is 18.2 Å². The fraction of sp³-hybridized carbons (Fsp3) is 0.500. The fourth-order valence-electron chi connectivity index (χ4n) is 5.02. The molecule has 7 nitrogen and oxygen atoms in total. The number of halogens is 3. The van der Waals surface area contributed by atoms with Crippen LogP contribution in [0.3, 0.4) is 0 Å². The van der Waals surface area contributed by atoms with Crippen LogP contribution in [0.15, 0.2) is 24.4 Å². The number of aryl methyl sites for hydroxylation is 1. The van der Waals surface area contributed by atoms with Gasteiger partial charge in [-0.1, -0.05) is 0 Å². The summed E-state index contributed by atoms with van der Waals surface area (Å²) < 4.78 is 47.5. The number of nitrogens with two attached hydrogens (primary N) is 1.